The average Bonchev–Trinajstić information content (AvgIpc) is 2.76. The molecule has 0 amide bonds. The van der Waals surface area contributed by atoms with Gasteiger partial charge in [-0.15, -0.1) is 0 Å². The number of hydrogen-bond acceptors (Lipinski definition) is 1. The van der Waals surface area contributed by atoms with Crippen LogP contribution >= 0.6 is 11.6 Å². The lowest BCUT2D eigenvalue weighted by Gasteiger charge is -2.26. The highest BCUT2D eigenvalue weighted by molar-refractivity contribution is 6.30. The van der Waals surface area contributed by atoms with Crippen LogP contribution in [0.1, 0.15) is 24.3 Å². The van der Waals surface area contributed by atoms with E-state index in [2.05, 4.69) is 5.32 Å². The average molecular weight is 308 g/mol. The number of para-hydroxylation sites is 1. The van der Waals surface area contributed by atoms with Gasteiger partial charge in [-0.1, -0.05) is 41.9 Å². The van der Waals surface area contributed by atoms with E-state index in [1.54, 1.807) is 24.3 Å². The highest BCUT2D eigenvalue weighted by atomic mass is 35.5. The molecule has 0 aromatic heterocycles. The Balaban J connectivity index is 1.87. The molecule has 0 spiro atoms. The highest BCUT2D eigenvalue weighted by Crippen LogP contribution is 2.47. The molecule has 0 heterocycles. The molecule has 1 fully saturated rings. The van der Waals surface area contributed by atoms with Gasteiger partial charge in [-0.05, 0) is 36.2 Å². The zero-order valence-electron chi connectivity index (χ0n) is 11.4. The van der Waals surface area contributed by atoms with E-state index < -0.39 is 11.8 Å². The Labute approximate surface area is 127 Å². The summed E-state index contributed by atoms with van der Waals surface area (Å²) in [4.78, 5) is 0. The van der Waals surface area contributed by atoms with Crippen molar-refractivity contribution in [3.05, 3.63) is 65.2 Å². The van der Waals surface area contributed by atoms with Crippen molar-refractivity contribution < 1.29 is 8.78 Å². The lowest BCUT2D eigenvalue weighted by atomic mass is 9.91. The van der Waals surface area contributed by atoms with E-state index in [1.807, 2.05) is 30.3 Å². The molecule has 2 atom stereocenters. The lowest BCUT2D eigenvalue weighted by Crippen LogP contribution is -2.31. The van der Waals surface area contributed by atoms with Crippen molar-refractivity contribution in [2.75, 3.05) is 5.32 Å². The van der Waals surface area contributed by atoms with Crippen LogP contribution in [-0.2, 0) is 0 Å². The van der Waals surface area contributed by atoms with Gasteiger partial charge in [0.2, 0.25) is 0 Å². The van der Waals surface area contributed by atoms with Gasteiger partial charge in [0.05, 0.1) is 5.92 Å². The molecule has 21 heavy (non-hydrogen) atoms. The van der Waals surface area contributed by atoms with Crippen LogP contribution in [0.3, 0.4) is 0 Å². The van der Waals surface area contributed by atoms with E-state index >= 15 is 0 Å². The minimum atomic E-state index is -2.69. The third-order valence-corrected chi connectivity index (χ3v) is 4.25. The fourth-order valence-electron chi connectivity index (χ4n) is 3.01. The van der Waals surface area contributed by atoms with Crippen molar-refractivity contribution in [2.45, 2.75) is 30.7 Å². The molecule has 1 N–H and O–H groups in total. The van der Waals surface area contributed by atoms with Crippen molar-refractivity contribution in [1.29, 1.82) is 0 Å². The summed E-state index contributed by atoms with van der Waals surface area (Å²) in [6, 6.07) is 16.0. The fraction of sp³-hybridized carbons (Fsp3) is 0.294. The van der Waals surface area contributed by atoms with Crippen LogP contribution in [0.4, 0.5) is 14.5 Å². The number of halogens is 3. The topological polar surface area (TPSA) is 12.0 Å². The van der Waals surface area contributed by atoms with Crippen molar-refractivity contribution in [1.82, 2.24) is 0 Å². The summed E-state index contributed by atoms with van der Waals surface area (Å²) in [5.41, 5.74) is 1.51. The second-order valence-corrected chi connectivity index (χ2v) is 5.88. The normalized spacial score (nSPS) is 24.0. The SMILES string of the molecule is FC1(F)CCC(Nc2ccccc2)C1c1ccc(Cl)cc1. The van der Waals surface area contributed by atoms with Crippen LogP contribution in [0.2, 0.25) is 5.02 Å². The first kappa shape index (κ1) is 14.3. The predicted octanol–water partition coefficient (Wildman–Crippen LogP) is 5.33. The Morgan fingerprint density at radius 2 is 1.67 bits per heavy atom. The summed E-state index contributed by atoms with van der Waals surface area (Å²) in [5, 5.41) is 3.81. The van der Waals surface area contributed by atoms with Crippen LogP contribution in [-0.4, -0.2) is 12.0 Å². The number of hydrogen-bond donors (Lipinski definition) is 1. The van der Waals surface area contributed by atoms with Crippen LogP contribution in [0.5, 0.6) is 0 Å². The third-order valence-electron chi connectivity index (χ3n) is 4.00. The lowest BCUT2D eigenvalue weighted by molar-refractivity contribution is -0.0101. The van der Waals surface area contributed by atoms with Gasteiger partial charge in [-0.3, -0.25) is 0 Å². The molecule has 0 bridgehead atoms. The highest BCUT2D eigenvalue weighted by Gasteiger charge is 2.50. The summed E-state index contributed by atoms with van der Waals surface area (Å²) < 4.78 is 28.5. The molecular weight excluding hydrogens is 292 g/mol. The molecular formula is C17H16ClF2N. The van der Waals surface area contributed by atoms with E-state index in [1.165, 1.54) is 0 Å². The molecule has 1 nitrogen and oxygen atoms in total. The van der Waals surface area contributed by atoms with Gasteiger partial charge in [0, 0.05) is 23.2 Å². The molecule has 0 aliphatic heterocycles. The number of anilines is 1. The quantitative estimate of drug-likeness (QED) is 0.807. The number of alkyl halides is 2. The monoisotopic (exact) mass is 307 g/mol. The number of nitrogens with one attached hydrogen (secondary N) is 1. The molecule has 0 radical (unpaired) electrons. The zero-order valence-corrected chi connectivity index (χ0v) is 12.2. The third kappa shape index (κ3) is 3.03. The maximum Gasteiger partial charge on any atom is 0.256 e. The first-order valence-electron chi connectivity index (χ1n) is 7.01. The Kier molecular flexibility index (Phi) is 3.85. The first-order chi connectivity index (χ1) is 10.1. The summed E-state index contributed by atoms with van der Waals surface area (Å²) in [6.45, 7) is 0. The Morgan fingerprint density at radius 1 is 1.00 bits per heavy atom. The molecule has 2 unspecified atom stereocenters. The van der Waals surface area contributed by atoms with Crippen molar-refractivity contribution in [3.8, 4) is 0 Å². The van der Waals surface area contributed by atoms with E-state index in [9.17, 15) is 8.78 Å². The maximum absolute atomic E-state index is 14.3. The van der Waals surface area contributed by atoms with Gasteiger partial charge in [0.1, 0.15) is 0 Å². The Hall–Kier alpha value is -1.61. The van der Waals surface area contributed by atoms with Gasteiger partial charge in [-0.2, -0.15) is 0 Å². The predicted molar refractivity (Wildman–Crippen MR) is 82.2 cm³/mol. The fourth-order valence-corrected chi connectivity index (χ4v) is 3.14. The number of rotatable bonds is 3. The standard InChI is InChI=1S/C17H16ClF2N/c18-13-8-6-12(7-9-13)16-15(10-11-17(16,19)20)21-14-4-2-1-3-5-14/h1-9,15-16,21H,10-11H2. The molecule has 110 valence electrons. The largest absolute Gasteiger partial charge is 0.381 e. The maximum atomic E-state index is 14.3. The minimum absolute atomic E-state index is 0.0925. The van der Waals surface area contributed by atoms with Crippen molar-refractivity contribution in [3.63, 3.8) is 0 Å². The molecule has 4 heteroatoms. The van der Waals surface area contributed by atoms with E-state index in [-0.39, 0.29) is 12.5 Å². The smallest absolute Gasteiger partial charge is 0.256 e. The summed E-state index contributed by atoms with van der Waals surface area (Å²) in [7, 11) is 0. The minimum Gasteiger partial charge on any atom is -0.381 e. The van der Waals surface area contributed by atoms with E-state index in [0.29, 0.717) is 17.0 Å². The van der Waals surface area contributed by atoms with Gasteiger partial charge in [0.25, 0.3) is 5.92 Å². The second-order valence-electron chi connectivity index (χ2n) is 5.45. The van der Waals surface area contributed by atoms with Gasteiger partial charge in [0.15, 0.2) is 0 Å². The molecule has 1 saturated carbocycles. The summed E-state index contributed by atoms with van der Waals surface area (Å²) in [5.74, 6) is -3.52. The number of benzene rings is 2. The summed E-state index contributed by atoms with van der Waals surface area (Å²) >= 11 is 5.85. The second kappa shape index (κ2) is 5.64. The Morgan fingerprint density at radius 3 is 2.33 bits per heavy atom. The van der Waals surface area contributed by atoms with Crippen LogP contribution in [0, 0.1) is 0 Å². The van der Waals surface area contributed by atoms with Gasteiger partial charge >= 0.3 is 0 Å². The molecule has 1 aliphatic carbocycles. The van der Waals surface area contributed by atoms with Gasteiger partial charge in [-0.25, -0.2) is 8.78 Å². The van der Waals surface area contributed by atoms with Gasteiger partial charge < -0.3 is 5.32 Å². The zero-order chi connectivity index (χ0) is 14.9. The Bertz CT molecular complexity index is 598. The molecule has 3 rings (SSSR count). The molecule has 2 aromatic carbocycles. The van der Waals surface area contributed by atoms with E-state index in [4.69, 9.17) is 11.6 Å². The van der Waals surface area contributed by atoms with E-state index in [0.717, 1.165) is 5.69 Å². The first-order valence-corrected chi connectivity index (χ1v) is 7.39. The summed E-state index contributed by atoms with van der Waals surface area (Å²) in [6.07, 6.45) is 0.361. The molecule has 2 aromatic rings. The van der Waals surface area contributed by atoms with Crippen LogP contribution in [0.15, 0.2) is 54.6 Å². The van der Waals surface area contributed by atoms with Crippen LogP contribution < -0.4 is 5.32 Å². The molecule has 0 saturated heterocycles. The van der Waals surface area contributed by atoms with Crippen molar-refractivity contribution >= 4 is 17.3 Å². The van der Waals surface area contributed by atoms with Crippen molar-refractivity contribution in [2.24, 2.45) is 0 Å². The molecule has 1 aliphatic rings. The van der Waals surface area contributed by atoms with Crippen LogP contribution in [0.25, 0.3) is 0 Å².